The summed E-state index contributed by atoms with van der Waals surface area (Å²) in [5.41, 5.74) is 4.78. The van der Waals surface area contributed by atoms with E-state index in [4.69, 9.17) is 0 Å². The Labute approximate surface area is 220 Å². The van der Waals surface area contributed by atoms with E-state index in [0.717, 1.165) is 12.8 Å². The Morgan fingerprint density at radius 2 is 1.33 bits per heavy atom. The van der Waals surface area contributed by atoms with Crippen LogP contribution in [0.15, 0.2) is 91.0 Å². The van der Waals surface area contributed by atoms with E-state index in [0.29, 0.717) is 17.5 Å². The van der Waals surface area contributed by atoms with Crippen LogP contribution in [0.1, 0.15) is 56.7 Å². The summed E-state index contributed by atoms with van der Waals surface area (Å²) in [6.07, 6.45) is 7.21. The zero-order valence-electron chi connectivity index (χ0n) is 22.8. The first-order valence-electron chi connectivity index (χ1n) is 14.1. The number of piperazine rings is 1. The van der Waals surface area contributed by atoms with Crippen molar-refractivity contribution in [1.82, 2.24) is 9.80 Å². The van der Waals surface area contributed by atoms with Gasteiger partial charge in [-0.15, -0.1) is 0 Å². The Bertz CT molecular complexity index is 994. The van der Waals surface area contributed by atoms with Crippen LogP contribution in [0.3, 0.4) is 0 Å². The van der Waals surface area contributed by atoms with Crippen LogP contribution in [0.2, 0.25) is 0 Å². The van der Waals surface area contributed by atoms with Gasteiger partial charge in [0, 0.05) is 31.7 Å². The van der Waals surface area contributed by atoms with E-state index in [1.165, 1.54) is 68.6 Å². The third-order valence-electron chi connectivity index (χ3n) is 7.78. The molecule has 0 unspecified atom stereocenters. The molecule has 1 fully saturated rings. The van der Waals surface area contributed by atoms with Gasteiger partial charge in [0.25, 0.3) is 0 Å². The highest BCUT2D eigenvalue weighted by atomic mass is 15.3. The summed E-state index contributed by atoms with van der Waals surface area (Å²) in [7, 11) is 0. The van der Waals surface area contributed by atoms with E-state index in [2.05, 4.69) is 122 Å². The molecule has 3 aromatic carbocycles. The molecular weight excluding hydrogens is 436 g/mol. The predicted molar refractivity (Wildman–Crippen MR) is 154 cm³/mol. The monoisotopic (exact) mass is 482 g/mol. The molecule has 0 radical (unpaired) electrons. The third-order valence-corrected chi connectivity index (χ3v) is 7.78. The largest absolute Gasteiger partial charge is 0.297 e. The Morgan fingerprint density at radius 1 is 0.750 bits per heavy atom. The van der Waals surface area contributed by atoms with Crippen molar-refractivity contribution in [2.75, 3.05) is 26.2 Å². The number of hydrogen-bond donors (Lipinski definition) is 0. The van der Waals surface area contributed by atoms with Gasteiger partial charge in [-0.25, -0.2) is 0 Å². The number of aryl methyl sites for hydroxylation is 1. The molecule has 1 aliphatic heterocycles. The van der Waals surface area contributed by atoms with Crippen LogP contribution in [-0.4, -0.2) is 48.1 Å². The molecule has 192 valence electrons. The first-order chi connectivity index (χ1) is 17.5. The highest BCUT2D eigenvalue weighted by molar-refractivity contribution is 5.18. The Kier molecular flexibility index (Phi) is 9.78. The van der Waals surface area contributed by atoms with Crippen LogP contribution in [0.4, 0.5) is 0 Å². The summed E-state index contributed by atoms with van der Waals surface area (Å²) in [4.78, 5) is 5.62. The number of rotatable bonds is 11. The minimum atomic E-state index is 0.377. The third kappa shape index (κ3) is 8.61. The zero-order chi connectivity index (χ0) is 25.2. The quantitative estimate of drug-likeness (QED) is 0.283. The van der Waals surface area contributed by atoms with Gasteiger partial charge in [0.15, 0.2) is 0 Å². The summed E-state index contributed by atoms with van der Waals surface area (Å²) in [5, 5.41) is 0. The molecule has 0 bridgehead atoms. The number of nitrogens with zero attached hydrogens (tertiary/aromatic N) is 2. The van der Waals surface area contributed by atoms with Crippen LogP contribution in [0.25, 0.3) is 0 Å². The molecule has 2 nitrogen and oxygen atoms in total. The highest BCUT2D eigenvalue weighted by Crippen LogP contribution is 2.25. The second-order valence-electron chi connectivity index (χ2n) is 11.9. The lowest BCUT2D eigenvalue weighted by Crippen LogP contribution is -2.57. The molecule has 2 heteroatoms. The SMILES string of the molecule is CC(C)(C)CCN1CCN([C@H](CCCc2ccccc2)Cc2ccccc2)C[C@@H]1Cc1ccccc1. The molecule has 0 spiro atoms. The van der Waals surface area contributed by atoms with Crippen LogP contribution < -0.4 is 0 Å². The minimum Gasteiger partial charge on any atom is -0.297 e. The molecule has 1 aliphatic rings. The molecule has 0 aromatic heterocycles. The van der Waals surface area contributed by atoms with Crippen molar-refractivity contribution in [3.05, 3.63) is 108 Å². The van der Waals surface area contributed by atoms with Gasteiger partial charge in [-0.3, -0.25) is 9.80 Å². The van der Waals surface area contributed by atoms with Gasteiger partial charge < -0.3 is 0 Å². The van der Waals surface area contributed by atoms with E-state index in [9.17, 15) is 0 Å². The van der Waals surface area contributed by atoms with Crippen molar-refractivity contribution in [2.24, 2.45) is 5.41 Å². The van der Waals surface area contributed by atoms with E-state index >= 15 is 0 Å². The molecule has 36 heavy (non-hydrogen) atoms. The van der Waals surface area contributed by atoms with Gasteiger partial charge in [0.05, 0.1) is 0 Å². The fourth-order valence-electron chi connectivity index (χ4n) is 5.59. The van der Waals surface area contributed by atoms with E-state index < -0.39 is 0 Å². The molecule has 1 heterocycles. The maximum atomic E-state index is 2.83. The smallest absolute Gasteiger partial charge is 0.0264 e. The van der Waals surface area contributed by atoms with Gasteiger partial charge in [0.2, 0.25) is 0 Å². The van der Waals surface area contributed by atoms with E-state index in [-0.39, 0.29) is 0 Å². The molecule has 0 aliphatic carbocycles. The summed E-state index contributed by atoms with van der Waals surface area (Å²) < 4.78 is 0. The molecule has 4 rings (SSSR count). The van der Waals surface area contributed by atoms with Gasteiger partial charge in [-0.05, 0) is 67.2 Å². The molecule has 2 atom stereocenters. The van der Waals surface area contributed by atoms with Gasteiger partial charge in [0.1, 0.15) is 0 Å². The van der Waals surface area contributed by atoms with Gasteiger partial charge >= 0.3 is 0 Å². The Morgan fingerprint density at radius 3 is 1.94 bits per heavy atom. The zero-order valence-corrected chi connectivity index (χ0v) is 22.8. The lowest BCUT2D eigenvalue weighted by atomic mass is 9.90. The normalized spacial score (nSPS) is 18.2. The molecule has 3 aromatic rings. The van der Waals surface area contributed by atoms with Crippen molar-refractivity contribution >= 4 is 0 Å². The summed E-state index contributed by atoms with van der Waals surface area (Å²) >= 11 is 0. The average molecular weight is 483 g/mol. The second-order valence-corrected chi connectivity index (χ2v) is 11.9. The highest BCUT2D eigenvalue weighted by Gasteiger charge is 2.31. The first kappa shape index (κ1) is 26.6. The Balaban J connectivity index is 1.46. The summed E-state index contributed by atoms with van der Waals surface area (Å²) in [6.45, 7) is 11.8. The van der Waals surface area contributed by atoms with Crippen LogP contribution in [-0.2, 0) is 19.3 Å². The molecular formula is C34H46N2. The first-order valence-corrected chi connectivity index (χ1v) is 14.1. The lowest BCUT2D eigenvalue weighted by Gasteiger charge is -2.45. The topological polar surface area (TPSA) is 6.48 Å². The predicted octanol–water partition coefficient (Wildman–Crippen LogP) is 7.29. The van der Waals surface area contributed by atoms with Crippen molar-refractivity contribution in [3.8, 4) is 0 Å². The second kappa shape index (κ2) is 13.2. The van der Waals surface area contributed by atoms with Crippen LogP contribution in [0, 0.1) is 5.41 Å². The fraction of sp³-hybridized carbons (Fsp3) is 0.471. The van der Waals surface area contributed by atoms with Crippen LogP contribution in [0.5, 0.6) is 0 Å². The van der Waals surface area contributed by atoms with E-state index in [1.54, 1.807) is 0 Å². The molecule has 1 saturated heterocycles. The van der Waals surface area contributed by atoms with E-state index in [1.807, 2.05) is 0 Å². The number of hydrogen-bond acceptors (Lipinski definition) is 2. The maximum absolute atomic E-state index is 2.83. The number of benzene rings is 3. The minimum absolute atomic E-state index is 0.377. The van der Waals surface area contributed by atoms with Crippen molar-refractivity contribution in [3.63, 3.8) is 0 Å². The molecule has 0 saturated carbocycles. The summed E-state index contributed by atoms with van der Waals surface area (Å²) in [6, 6.07) is 34.5. The fourth-order valence-corrected chi connectivity index (χ4v) is 5.59. The van der Waals surface area contributed by atoms with Crippen LogP contribution >= 0.6 is 0 Å². The van der Waals surface area contributed by atoms with Gasteiger partial charge in [-0.1, -0.05) is 112 Å². The van der Waals surface area contributed by atoms with Crippen molar-refractivity contribution in [1.29, 1.82) is 0 Å². The van der Waals surface area contributed by atoms with Crippen molar-refractivity contribution in [2.45, 2.75) is 71.4 Å². The Hall–Kier alpha value is -2.42. The van der Waals surface area contributed by atoms with Crippen molar-refractivity contribution < 1.29 is 0 Å². The molecule has 0 amide bonds. The average Bonchev–Trinajstić information content (AvgIpc) is 2.89. The summed E-state index contributed by atoms with van der Waals surface area (Å²) in [5.74, 6) is 0. The van der Waals surface area contributed by atoms with Gasteiger partial charge in [-0.2, -0.15) is 0 Å². The molecule has 0 N–H and O–H groups in total. The standard InChI is InChI=1S/C34H46N2/c1-34(2,3)22-23-35-24-25-36(28-33(35)27-31-18-11-6-12-19-31)32(26-30-16-9-5-10-17-30)21-13-20-29-14-7-4-8-15-29/h4-12,14-19,32-33H,13,20-28H2,1-3H3/t32-,33+/m1/s1. The maximum Gasteiger partial charge on any atom is 0.0264 e. The lowest BCUT2D eigenvalue weighted by molar-refractivity contribution is 0.0385.